The summed E-state index contributed by atoms with van der Waals surface area (Å²) in [5.41, 5.74) is 0. The predicted octanol–water partition coefficient (Wildman–Crippen LogP) is 3.76. The standard InChI is InChI=1S/C14H24N2S/c1-3-11-5-7-12(8-6-11)15-9-13-10-16-14(4-2)17-13/h10-12,15H,3-9H2,1-2H3. The average Bonchev–Trinajstić information content (AvgIpc) is 2.85. The van der Waals surface area contributed by atoms with Crippen molar-refractivity contribution in [3.8, 4) is 0 Å². The van der Waals surface area contributed by atoms with E-state index in [1.54, 1.807) is 0 Å². The lowest BCUT2D eigenvalue weighted by atomic mass is 9.84. The predicted molar refractivity (Wildman–Crippen MR) is 74.4 cm³/mol. The molecule has 96 valence electrons. The van der Waals surface area contributed by atoms with E-state index >= 15 is 0 Å². The molecule has 0 radical (unpaired) electrons. The van der Waals surface area contributed by atoms with Crippen LogP contribution >= 0.6 is 11.3 Å². The maximum atomic E-state index is 4.40. The van der Waals surface area contributed by atoms with E-state index in [1.807, 2.05) is 17.5 Å². The van der Waals surface area contributed by atoms with Crippen molar-refractivity contribution < 1.29 is 0 Å². The van der Waals surface area contributed by atoms with Crippen LogP contribution in [0, 0.1) is 5.92 Å². The number of nitrogens with zero attached hydrogens (tertiary/aromatic N) is 1. The molecule has 0 saturated heterocycles. The van der Waals surface area contributed by atoms with Gasteiger partial charge in [-0.3, -0.25) is 0 Å². The fourth-order valence-corrected chi connectivity index (χ4v) is 3.43. The van der Waals surface area contributed by atoms with E-state index in [4.69, 9.17) is 0 Å². The van der Waals surface area contributed by atoms with E-state index in [1.165, 1.54) is 42.0 Å². The Bertz CT molecular complexity index is 327. The van der Waals surface area contributed by atoms with Crippen molar-refractivity contribution in [1.82, 2.24) is 10.3 Å². The molecule has 1 N–H and O–H groups in total. The van der Waals surface area contributed by atoms with Gasteiger partial charge in [-0.2, -0.15) is 0 Å². The van der Waals surface area contributed by atoms with Crippen LogP contribution < -0.4 is 5.32 Å². The van der Waals surface area contributed by atoms with Crippen LogP contribution in [0.2, 0.25) is 0 Å². The number of rotatable bonds is 5. The lowest BCUT2D eigenvalue weighted by Crippen LogP contribution is -2.32. The molecule has 0 aliphatic heterocycles. The Morgan fingerprint density at radius 2 is 2.06 bits per heavy atom. The summed E-state index contributed by atoms with van der Waals surface area (Å²) in [6.07, 6.45) is 10.0. The molecule has 3 heteroatoms. The van der Waals surface area contributed by atoms with Crippen LogP contribution in [0.3, 0.4) is 0 Å². The van der Waals surface area contributed by atoms with E-state index < -0.39 is 0 Å². The van der Waals surface area contributed by atoms with Crippen molar-refractivity contribution >= 4 is 11.3 Å². The zero-order valence-electron chi connectivity index (χ0n) is 11.0. The van der Waals surface area contributed by atoms with Crippen LogP contribution in [-0.2, 0) is 13.0 Å². The Hall–Kier alpha value is -0.410. The van der Waals surface area contributed by atoms with Gasteiger partial charge in [0.15, 0.2) is 0 Å². The van der Waals surface area contributed by atoms with Gasteiger partial charge in [0.1, 0.15) is 0 Å². The Kier molecular flexibility index (Phi) is 4.99. The van der Waals surface area contributed by atoms with Crippen LogP contribution in [0.1, 0.15) is 55.8 Å². The molecule has 1 aliphatic rings. The first-order chi connectivity index (χ1) is 8.31. The summed E-state index contributed by atoms with van der Waals surface area (Å²) < 4.78 is 0. The lowest BCUT2D eigenvalue weighted by molar-refractivity contribution is 0.285. The summed E-state index contributed by atoms with van der Waals surface area (Å²) in [7, 11) is 0. The normalized spacial score (nSPS) is 25.1. The molecule has 2 rings (SSSR count). The third-order valence-corrected chi connectivity index (χ3v) is 5.03. The molecule has 1 aromatic heterocycles. The van der Waals surface area contributed by atoms with Crippen molar-refractivity contribution in [3.05, 3.63) is 16.1 Å². The van der Waals surface area contributed by atoms with Gasteiger partial charge in [0, 0.05) is 23.7 Å². The monoisotopic (exact) mass is 252 g/mol. The summed E-state index contributed by atoms with van der Waals surface area (Å²) in [4.78, 5) is 5.79. The van der Waals surface area contributed by atoms with Gasteiger partial charge in [0.2, 0.25) is 0 Å². The third kappa shape index (κ3) is 3.78. The molecule has 2 nitrogen and oxygen atoms in total. The highest BCUT2D eigenvalue weighted by molar-refractivity contribution is 7.11. The van der Waals surface area contributed by atoms with Gasteiger partial charge in [-0.15, -0.1) is 11.3 Å². The van der Waals surface area contributed by atoms with Gasteiger partial charge in [0.25, 0.3) is 0 Å². The molecule has 1 aromatic rings. The van der Waals surface area contributed by atoms with Crippen LogP contribution in [-0.4, -0.2) is 11.0 Å². The molecule has 17 heavy (non-hydrogen) atoms. The van der Waals surface area contributed by atoms with Crippen molar-refractivity contribution in [3.63, 3.8) is 0 Å². The Morgan fingerprint density at radius 3 is 2.65 bits per heavy atom. The van der Waals surface area contributed by atoms with Gasteiger partial charge in [0.05, 0.1) is 5.01 Å². The fourth-order valence-electron chi connectivity index (χ4n) is 2.61. The van der Waals surface area contributed by atoms with Crippen molar-refractivity contribution in [2.75, 3.05) is 0 Å². The summed E-state index contributed by atoms with van der Waals surface area (Å²) in [6.45, 7) is 5.50. The summed E-state index contributed by atoms with van der Waals surface area (Å²) in [5, 5.41) is 4.95. The topological polar surface area (TPSA) is 24.9 Å². The lowest BCUT2D eigenvalue weighted by Gasteiger charge is -2.28. The molecule has 0 amide bonds. The summed E-state index contributed by atoms with van der Waals surface area (Å²) >= 11 is 1.85. The Balaban J connectivity index is 1.72. The minimum absolute atomic E-state index is 0.741. The highest BCUT2D eigenvalue weighted by Gasteiger charge is 2.19. The first-order valence-electron chi connectivity index (χ1n) is 6.98. The second-order valence-electron chi connectivity index (χ2n) is 5.08. The maximum absolute atomic E-state index is 4.40. The van der Waals surface area contributed by atoms with Gasteiger partial charge in [-0.1, -0.05) is 20.3 Å². The van der Waals surface area contributed by atoms with E-state index in [0.29, 0.717) is 0 Å². The maximum Gasteiger partial charge on any atom is 0.0925 e. The van der Waals surface area contributed by atoms with Crippen molar-refractivity contribution in [2.45, 2.75) is 65.0 Å². The van der Waals surface area contributed by atoms with Crippen LogP contribution in [0.15, 0.2) is 6.20 Å². The second kappa shape index (κ2) is 6.50. The van der Waals surface area contributed by atoms with Crippen LogP contribution in [0.25, 0.3) is 0 Å². The fraction of sp³-hybridized carbons (Fsp3) is 0.786. The largest absolute Gasteiger partial charge is 0.309 e. The summed E-state index contributed by atoms with van der Waals surface area (Å²) in [6, 6.07) is 0.741. The molecule has 0 aromatic carbocycles. The average molecular weight is 252 g/mol. The first kappa shape index (κ1) is 13.0. The van der Waals surface area contributed by atoms with Crippen molar-refractivity contribution in [1.29, 1.82) is 0 Å². The van der Waals surface area contributed by atoms with Gasteiger partial charge < -0.3 is 5.32 Å². The molecule has 0 bridgehead atoms. The highest BCUT2D eigenvalue weighted by atomic mass is 32.1. The number of aromatic nitrogens is 1. The Morgan fingerprint density at radius 1 is 1.29 bits per heavy atom. The molecule has 1 fully saturated rings. The molecule has 1 aliphatic carbocycles. The van der Waals surface area contributed by atoms with Crippen LogP contribution in [0.4, 0.5) is 0 Å². The summed E-state index contributed by atoms with van der Waals surface area (Å²) in [5.74, 6) is 0.989. The van der Waals surface area contributed by atoms with Gasteiger partial charge >= 0.3 is 0 Å². The minimum Gasteiger partial charge on any atom is -0.309 e. The van der Waals surface area contributed by atoms with Crippen LogP contribution in [0.5, 0.6) is 0 Å². The minimum atomic E-state index is 0.741. The zero-order valence-corrected chi connectivity index (χ0v) is 11.9. The smallest absolute Gasteiger partial charge is 0.0925 e. The number of thiazole rings is 1. The number of nitrogens with one attached hydrogen (secondary N) is 1. The van der Waals surface area contributed by atoms with Gasteiger partial charge in [-0.05, 0) is 38.0 Å². The van der Waals surface area contributed by atoms with E-state index in [-0.39, 0.29) is 0 Å². The molecular formula is C14H24N2S. The quantitative estimate of drug-likeness (QED) is 0.863. The highest BCUT2D eigenvalue weighted by Crippen LogP contribution is 2.26. The molecule has 1 saturated carbocycles. The van der Waals surface area contributed by atoms with E-state index in [9.17, 15) is 0 Å². The first-order valence-corrected chi connectivity index (χ1v) is 7.80. The number of hydrogen-bond acceptors (Lipinski definition) is 3. The molecule has 1 heterocycles. The molecule has 0 unspecified atom stereocenters. The molecule has 0 spiro atoms. The van der Waals surface area contributed by atoms with Gasteiger partial charge in [-0.25, -0.2) is 4.98 Å². The number of aryl methyl sites for hydroxylation is 1. The number of hydrogen-bond donors (Lipinski definition) is 1. The van der Waals surface area contributed by atoms with Crippen molar-refractivity contribution in [2.24, 2.45) is 5.92 Å². The zero-order chi connectivity index (χ0) is 12.1. The van der Waals surface area contributed by atoms with E-state index in [2.05, 4.69) is 24.1 Å². The molecular weight excluding hydrogens is 228 g/mol. The second-order valence-corrected chi connectivity index (χ2v) is 6.28. The molecule has 0 atom stereocenters. The third-order valence-electron chi connectivity index (χ3n) is 3.89. The Labute approximate surface area is 109 Å². The van der Waals surface area contributed by atoms with E-state index in [0.717, 1.165) is 24.9 Å². The SMILES string of the molecule is CCc1ncc(CNC2CCC(CC)CC2)s1.